The molecule has 0 spiro atoms. The molecular formula is C20H26N2O2. The summed E-state index contributed by atoms with van der Waals surface area (Å²) in [6.07, 6.45) is 3.06. The number of hydrogen-bond donors (Lipinski definition) is 2. The topological polar surface area (TPSA) is 64.4 Å². The summed E-state index contributed by atoms with van der Waals surface area (Å²) in [7, 11) is 1.65. The molecule has 0 aliphatic rings. The molecule has 128 valence electrons. The summed E-state index contributed by atoms with van der Waals surface area (Å²) >= 11 is 0. The molecule has 0 aliphatic carbocycles. The molecule has 4 nitrogen and oxygen atoms in total. The van der Waals surface area contributed by atoms with E-state index >= 15 is 0 Å². The summed E-state index contributed by atoms with van der Waals surface area (Å²) in [6.45, 7) is 2.63. The van der Waals surface area contributed by atoms with Crippen LogP contribution in [0, 0.1) is 0 Å². The van der Waals surface area contributed by atoms with Gasteiger partial charge in [-0.3, -0.25) is 4.79 Å². The number of carbonyl (C=O) groups excluding carboxylic acids is 1. The minimum Gasteiger partial charge on any atom is -0.497 e. The Kier molecular flexibility index (Phi) is 6.82. The molecule has 4 heteroatoms. The Morgan fingerprint density at radius 3 is 2.33 bits per heavy atom. The lowest BCUT2D eigenvalue weighted by molar-refractivity contribution is 0.0934. The molecular weight excluding hydrogens is 300 g/mol. The Hall–Kier alpha value is -2.33. The second kappa shape index (κ2) is 9.08. The van der Waals surface area contributed by atoms with Crippen LogP contribution in [0.4, 0.5) is 0 Å². The van der Waals surface area contributed by atoms with Crippen LogP contribution in [0.15, 0.2) is 48.5 Å². The van der Waals surface area contributed by atoms with Gasteiger partial charge in [0.05, 0.1) is 13.2 Å². The van der Waals surface area contributed by atoms with Crippen LogP contribution < -0.4 is 15.8 Å². The summed E-state index contributed by atoms with van der Waals surface area (Å²) < 4.78 is 5.20. The van der Waals surface area contributed by atoms with E-state index in [0.717, 1.165) is 36.1 Å². The van der Waals surface area contributed by atoms with Crippen LogP contribution in [-0.4, -0.2) is 13.0 Å². The maximum Gasteiger partial charge on any atom is 0.251 e. The predicted octanol–water partition coefficient (Wildman–Crippen LogP) is 3.82. The number of carbonyl (C=O) groups is 1. The van der Waals surface area contributed by atoms with E-state index in [4.69, 9.17) is 10.5 Å². The molecule has 1 amide bonds. The molecule has 0 saturated carbocycles. The largest absolute Gasteiger partial charge is 0.497 e. The summed E-state index contributed by atoms with van der Waals surface area (Å²) in [4.78, 5) is 12.5. The molecule has 0 heterocycles. The number of amides is 1. The van der Waals surface area contributed by atoms with Crippen molar-refractivity contribution in [3.8, 4) is 5.75 Å². The maximum atomic E-state index is 12.5. The van der Waals surface area contributed by atoms with E-state index in [1.54, 1.807) is 7.11 Å². The zero-order valence-corrected chi connectivity index (χ0v) is 14.4. The minimum absolute atomic E-state index is 0.00228. The molecule has 24 heavy (non-hydrogen) atoms. The predicted molar refractivity (Wildman–Crippen MR) is 97.1 cm³/mol. The first kappa shape index (κ1) is 18.0. The fourth-order valence-electron chi connectivity index (χ4n) is 2.60. The first-order valence-electron chi connectivity index (χ1n) is 8.41. The normalized spacial score (nSPS) is 11.8. The summed E-state index contributed by atoms with van der Waals surface area (Å²) in [5.41, 5.74) is 8.37. The van der Waals surface area contributed by atoms with E-state index in [1.165, 1.54) is 0 Å². The van der Waals surface area contributed by atoms with Crippen molar-refractivity contribution >= 4 is 5.91 Å². The van der Waals surface area contributed by atoms with Gasteiger partial charge in [-0.15, -0.1) is 0 Å². The van der Waals surface area contributed by atoms with Crippen molar-refractivity contribution in [1.82, 2.24) is 5.32 Å². The summed E-state index contributed by atoms with van der Waals surface area (Å²) in [5, 5.41) is 3.15. The Morgan fingerprint density at radius 1 is 1.12 bits per heavy atom. The van der Waals surface area contributed by atoms with Crippen LogP contribution in [-0.2, 0) is 6.54 Å². The van der Waals surface area contributed by atoms with Crippen molar-refractivity contribution in [1.29, 1.82) is 0 Å². The highest BCUT2D eigenvalue weighted by atomic mass is 16.5. The minimum atomic E-state index is -0.0597. The number of methoxy groups -OCH3 is 1. The lowest BCUT2D eigenvalue weighted by Gasteiger charge is -2.19. The van der Waals surface area contributed by atoms with E-state index in [2.05, 4.69) is 12.2 Å². The Labute approximate surface area is 144 Å². The van der Waals surface area contributed by atoms with Crippen LogP contribution >= 0.6 is 0 Å². The van der Waals surface area contributed by atoms with Crippen LogP contribution in [0.2, 0.25) is 0 Å². The zero-order valence-electron chi connectivity index (χ0n) is 14.4. The molecule has 2 rings (SSSR count). The fourth-order valence-corrected chi connectivity index (χ4v) is 2.60. The number of rotatable bonds is 8. The van der Waals surface area contributed by atoms with Gasteiger partial charge in [-0.1, -0.05) is 44.0 Å². The van der Waals surface area contributed by atoms with Crippen LogP contribution in [0.1, 0.15) is 53.7 Å². The fraction of sp³-hybridized carbons (Fsp3) is 0.350. The van der Waals surface area contributed by atoms with Crippen molar-refractivity contribution < 1.29 is 9.53 Å². The summed E-state index contributed by atoms with van der Waals surface area (Å²) in [5.74, 6) is 0.757. The molecule has 0 aliphatic heterocycles. The van der Waals surface area contributed by atoms with Gasteiger partial charge in [0.2, 0.25) is 0 Å². The van der Waals surface area contributed by atoms with E-state index < -0.39 is 0 Å². The number of ether oxygens (including phenoxy) is 1. The smallest absolute Gasteiger partial charge is 0.251 e. The van der Waals surface area contributed by atoms with Crippen molar-refractivity contribution in [3.05, 3.63) is 65.2 Å². The van der Waals surface area contributed by atoms with E-state index in [0.29, 0.717) is 12.1 Å². The van der Waals surface area contributed by atoms with Gasteiger partial charge >= 0.3 is 0 Å². The lowest BCUT2D eigenvalue weighted by Crippen LogP contribution is -2.28. The van der Waals surface area contributed by atoms with Gasteiger partial charge in [-0.05, 0) is 41.8 Å². The monoisotopic (exact) mass is 326 g/mol. The molecule has 1 atom stereocenters. The number of nitrogens with one attached hydrogen (secondary N) is 1. The first-order chi connectivity index (χ1) is 11.7. The van der Waals surface area contributed by atoms with Crippen molar-refractivity contribution in [2.24, 2.45) is 5.73 Å². The van der Waals surface area contributed by atoms with Gasteiger partial charge < -0.3 is 15.8 Å². The molecule has 2 aromatic carbocycles. The van der Waals surface area contributed by atoms with Gasteiger partial charge in [0, 0.05) is 12.1 Å². The van der Waals surface area contributed by atoms with E-state index in [-0.39, 0.29) is 11.9 Å². The van der Waals surface area contributed by atoms with Crippen molar-refractivity contribution in [2.45, 2.75) is 38.8 Å². The third-order valence-electron chi connectivity index (χ3n) is 4.12. The second-order valence-corrected chi connectivity index (χ2v) is 5.84. The molecule has 0 bridgehead atoms. The molecule has 0 saturated heterocycles. The molecule has 0 fully saturated rings. The van der Waals surface area contributed by atoms with Gasteiger partial charge in [0.25, 0.3) is 5.91 Å². The van der Waals surface area contributed by atoms with Gasteiger partial charge in [0.15, 0.2) is 0 Å². The highest BCUT2D eigenvalue weighted by molar-refractivity contribution is 5.94. The first-order valence-corrected chi connectivity index (χ1v) is 8.41. The number of unbranched alkanes of at least 4 members (excludes halogenated alkanes) is 1. The van der Waals surface area contributed by atoms with Crippen molar-refractivity contribution in [3.63, 3.8) is 0 Å². The second-order valence-electron chi connectivity index (χ2n) is 5.84. The maximum absolute atomic E-state index is 12.5. The van der Waals surface area contributed by atoms with Gasteiger partial charge in [-0.2, -0.15) is 0 Å². The molecule has 1 unspecified atom stereocenters. The Bertz CT molecular complexity index is 636. The summed E-state index contributed by atoms with van der Waals surface area (Å²) in [6, 6.07) is 15.3. The highest BCUT2D eigenvalue weighted by Gasteiger charge is 2.15. The van der Waals surface area contributed by atoms with Crippen LogP contribution in [0.5, 0.6) is 5.75 Å². The van der Waals surface area contributed by atoms with Gasteiger partial charge in [0.1, 0.15) is 5.75 Å². The Morgan fingerprint density at radius 2 is 1.79 bits per heavy atom. The highest BCUT2D eigenvalue weighted by Crippen LogP contribution is 2.22. The quantitative estimate of drug-likeness (QED) is 0.775. The lowest BCUT2D eigenvalue weighted by atomic mass is 10.00. The Balaban J connectivity index is 2.12. The zero-order chi connectivity index (χ0) is 17.4. The number of nitrogens with two attached hydrogens (primary N) is 1. The average Bonchev–Trinajstić information content (AvgIpc) is 2.65. The standard InChI is InChI=1S/C20H26N2O2/c1-3-4-5-19(16-10-12-18(24-2)13-11-16)22-20(23)17-8-6-15(14-21)7-9-17/h6-13,19H,3-5,14,21H2,1-2H3,(H,22,23). The third kappa shape index (κ3) is 4.83. The van der Waals surface area contributed by atoms with Crippen LogP contribution in [0.3, 0.4) is 0 Å². The van der Waals surface area contributed by atoms with Crippen LogP contribution in [0.25, 0.3) is 0 Å². The molecule has 0 radical (unpaired) electrons. The van der Waals surface area contributed by atoms with E-state index in [9.17, 15) is 4.79 Å². The molecule has 2 aromatic rings. The average molecular weight is 326 g/mol. The SMILES string of the molecule is CCCCC(NC(=O)c1ccc(CN)cc1)c1ccc(OC)cc1. The molecule has 3 N–H and O–H groups in total. The van der Waals surface area contributed by atoms with Gasteiger partial charge in [-0.25, -0.2) is 0 Å². The third-order valence-corrected chi connectivity index (χ3v) is 4.12. The van der Waals surface area contributed by atoms with Crippen molar-refractivity contribution in [2.75, 3.05) is 7.11 Å². The molecule has 0 aromatic heterocycles. The van der Waals surface area contributed by atoms with E-state index in [1.807, 2.05) is 48.5 Å². The number of hydrogen-bond acceptors (Lipinski definition) is 3. The number of benzene rings is 2.